The highest BCUT2D eigenvalue weighted by molar-refractivity contribution is 9.10. The number of methoxy groups -OCH3 is 1. The lowest BCUT2D eigenvalue weighted by Crippen LogP contribution is -2.15. The lowest BCUT2D eigenvalue weighted by molar-refractivity contribution is 0.314. The Morgan fingerprint density at radius 3 is 2.86 bits per heavy atom. The third kappa shape index (κ3) is 3.64. The van der Waals surface area contributed by atoms with Crippen molar-refractivity contribution in [2.75, 3.05) is 18.4 Å². The first-order valence-corrected chi connectivity index (χ1v) is 8.15. The summed E-state index contributed by atoms with van der Waals surface area (Å²) in [6.45, 7) is 2.15. The summed E-state index contributed by atoms with van der Waals surface area (Å²) in [6, 6.07) is 4.72. The molecule has 0 spiro atoms. The van der Waals surface area contributed by atoms with E-state index >= 15 is 0 Å². The summed E-state index contributed by atoms with van der Waals surface area (Å²) >= 11 is 3.22. The van der Waals surface area contributed by atoms with Crippen LogP contribution in [0.5, 0.6) is 11.8 Å². The lowest BCUT2D eigenvalue weighted by Gasteiger charge is -2.10. The van der Waals surface area contributed by atoms with Gasteiger partial charge in [-0.25, -0.2) is 18.2 Å². The molecule has 1 heterocycles. The fraction of sp³-hybridized carbons (Fsp3) is 0.273. The van der Waals surface area contributed by atoms with Crippen LogP contribution in [0.15, 0.2) is 27.6 Å². The van der Waals surface area contributed by atoms with E-state index in [-0.39, 0.29) is 22.6 Å². The van der Waals surface area contributed by atoms with Gasteiger partial charge in [-0.2, -0.15) is 4.98 Å². The SMILES string of the molecule is CCOc1n[nH]c(NS(=O)(=O)c2cc(Br)ccc2OC)n1. The zero-order chi connectivity index (χ0) is 15.5. The third-order valence-electron chi connectivity index (χ3n) is 2.38. The molecule has 0 aliphatic heterocycles. The number of ether oxygens (including phenoxy) is 2. The lowest BCUT2D eigenvalue weighted by atomic mass is 10.3. The standard InChI is InChI=1S/C11H13BrN4O4S/c1-3-20-11-13-10(14-15-11)16-21(17,18)9-6-7(12)4-5-8(9)19-2/h4-6H,3H2,1-2H3,(H2,13,14,15,16). The summed E-state index contributed by atoms with van der Waals surface area (Å²) < 4.78 is 37.7. The van der Waals surface area contributed by atoms with Gasteiger partial charge in [0.2, 0.25) is 5.95 Å². The minimum absolute atomic E-state index is 0.0197. The number of anilines is 1. The van der Waals surface area contributed by atoms with Gasteiger partial charge in [-0.05, 0) is 25.1 Å². The fourth-order valence-electron chi connectivity index (χ4n) is 1.53. The van der Waals surface area contributed by atoms with E-state index < -0.39 is 10.0 Å². The van der Waals surface area contributed by atoms with Gasteiger partial charge in [0.15, 0.2) is 0 Å². The molecule has 2 aromatic rings. The van der Waals surface area contributed by atoms with Crippen molar-refractivity contribution < 1.29 is 17.9 Å². The summed E-state index contributed by atoms with van der Waals surface area (Å²) in [5.41, 5.74) is 0. The normalized spacial score (nSPS) is 11.2. The molecule has 0 aliphatic rings. The van der Waals surface area contributed by atoms with Crippen molar-refractivity contribution >= 4 is 31.9 Å². The van der Waals surface area contributed by atoms with Crippen molar-refractivity contribution in [3.05, 3.63) is 22.7 Å². The van der Waals surface area contributed by atoms with Crippen molar-refractivity contribution in [3.63, 3.8) is 0 Å². The highest BCUT2D eigenvalue weighted by Gasteiger charge is 2.21. The Kier molecular flexibility index (Phi) is 4.68. The molecule has 0 aliphatic carbocycles. The number of sulfonamides is 1. The first-order chi connectivity index (χ1) is 9.96. The average molecular weight is 377 g/mol. The Balaban J connectivity index is 2.31. The molecule has 114 valence electrons. The summed E-state index contributed by atoms with van der Waals surface area (Å²) in [7, 11) is -2.48. The summed E-state index contributed by atoms with van der Waals surface area (Å²) in [4.78, 5) is 3.84. The van der Waals surface area contributed by atoms with E-state index in [1.54, 1.807) is 19.1 Å². The maximum absolute atomic E-state index is 12.4. The zero-order valence-corrected chi connectivity index (χ0v) is 13.7. The number of hydrogen-bond donors (Lipinski definition) is 2. The molecule has 0 saturated heterocycles. The molecule has 1 aromatic carbocycles. The van der Waals surface area contributed by atoms with Crippen molar-refractivity contribution in [3.8, 4) is 11.8 Å². The van der Waals surface area contributed by atoms with Gasteiger partial charge in [0.25, 0.3) is 10.0 Å². The second-order valence-corrected chi connectivity index (χ2v) is 6.37. The van der Waals surface area contributed by atoms with Crippen LogP contribution in [-0.4, -0.2) is 37.3 Å². The van der Waals surface area contributed by atoms with Crippen LogP contribution in [0.3, 0.4) is 0 Å². The molecule has 8 nitrogen and oxygen atoms in total. The summed E-state index contributed by atoms with van der Waals surface area (Å²) in [5, 5.41) is 6.16. The molecule has 0 atom stereocenters. The van der Waals surface area contributed by atoms with E-state index in [0.717, 1.165) is 0 Å². The molecule has 1 aromatic heterocycles. The van der Waals surface area contributed by atoms with Gasteiger partial charge in [-0.1, -0.05) is 15.9 Å². The molecule has 0 amide bonds. The second kappa shape index (κ2) is 6.31. The van der Waals surface area contributed by atoms with Gasteiger partial charge >= 0.3 is 6.01 Å². The van der Waals surface area contributed by atoms with Gasteiger partial charge in [0.05, 0.1) is 13.7 Å². The predicted octanol–water partition coefficient (Wildman–Crippen LogP) is 1.78. The minimum atomic E-state index is -3.87. The molecule has 10 heteroatoms. The van der Waals surface area contributed by atoms with E-state index in [4.69, 9.17) is 9.47 Å². The van der Waals surface area contributed by atoms with E-state index in [9.17, 15) is 8.42 Å². The number of nitrogens with one attached hydrogen (secondary N) is 2. The molecule has 0 saturated carbocycles. The largest absolute Gasteiger partial charge is 0.495 e. The zero-order valence-electron chi connectivity index (χ0n) is 11.3. The van der Waals surface area contributed by atoms with Crippen LogP contribution in [0.25, 0.3) is 0 Å². The number of aromatic amines is 1. The molecule has 0 unspecified atom stereocenters. The van der Waals surface area contributed by atoms with Gasteiger partial charge in [0.1, 0.15) is 10.6 Å². The highest BCUT2D eigenvalue weighted by atomic mass is 79.9. The Bertz CT molecular complexity index is 732. The predicted molar refractivity (Wildman–Crippen MR) is 79.1 cm³/mol. The van der Waals surface area contributed by atoms with E-state index in [2.05, 4.69) is 35.8 Å². The maximum atomic E-state index is 12.4. The number of rotatable bonds is 6. The van der Waals surface area contributed by atoms with Gasteiger partial charge in [0, 0.05) is 4.47 Å². The number of H-pyrrole nitrogens is 1. The van der Waals surface area contributed by atoms with Crippen LogP contribution in [0.2, 0.25) is 0 Å². The summed E-state index contributed by atoms with van der Waals surface area (Å²) in [6.07, 6.45) is 0. The van der Waals surface area contributed by atoms with Crippen LogP contribution in [-0.2, 0) is 10.0 Å². The quantitative estimate of drug-likeness (QED) is 0.795. The fourth-order valence-corrected chi connectivity index (χ4v) is 3.20. The Labute approximate surface area is 130 Å². The van der Waals surface area contributed by atoms with E-state index in [1.165, 1.54) is 13.2 Å². The smallest absolute Gasteiger partial charge is 0.337 e. The molecule has 2 rings (SSSR count). The number of aromatic nitrogens is 3. The third-order valence-corrected chi connectivity index (χ3v) is 4.24. The number of benzene rings is 1. The topological polar surface area (TPSA) is 106 Å². The van der Waals surface area contributed by atoms with Gasteiger partial charge in [-0.15, -0.1) is 5.10 Å². The number of halogens is 1. The van der Waals surface area contributed by atoms with Gasteiger partial charge in [-0.3, -0.25) is 0 Å². The molecular weight excluding hydrogens is 364 g/mol. The van der Waals surface area contributed by atoms with Crippen LogP contribution in [0, 0.1) is 0 Å². The first-order valence-electron chi connectivity index (χ1n) is 5.88. The van der Waals surface area contributed by atoms with Crippen LogP contribution in [0.1, 0.15) is 6.92 Å². The number of hydrogen-bond acceptors (Lipinski definition) is 6. The average Bonchev–Trinajstić information content (AvgIpc) is 2.86. The molecular formula is C11H13BrN4O4S. The second-order valence-electron chi connectivity index (χ2n) is 3.80. The molecule has 0 bridgehead atoms. The summed E-state index contributed by atoms with van der Waals surface area (Å²) in [5.74, 6) is 0.177. The first kappa shape index (κ1) is 15.6. The van der Waals surface area contributed by atoms with Crippen LogP contribution in [0.4, 0.5) is 5.95 Å². The van der Waals surface area contributed by atoms with Crippen LogP contribution < -0.4 is 14.2 Å². The minimum Gasteiger partial charge on any atom is -0.495 e. The van der Waals surface area contributed by atoms with Crippen LogP contribution >= 0.6 is 15.9 Å². The maximum Gasteiger partial charge on any atom is 0.337 e. The molecule has 2 N–H and O–H groups in total. The van der Waals surface area contributed by atoms with Crippen molar-refractivity contribution in [1.29, 1.82) is 0 Å². The van der Waals surface area contributed by atoms with E-state index in [1.807, 2.05) is 0 Å². The Morgan fingerprint density at radius 2 is 2.19 bits per heavy atom. The Morgan fingerprint density at radius 1 is 1.43 bits per heavy atom. The molecule has 21 heavy (non-hydrogen) atoms. The van der Waals surface area contributed by atoms with Crippen molar-refractivity contribution in [1.82, 2.24) is 15.2 Å². The van der Waals surface area contributed by atoms with Crippen molar-refractivity contribution in [2.45, 2.75) is 11.8 Å². The van der Waals surface area contributed by atoms with E-state index in [0.29, 0.717) is 11.1 Å². The van der Waals surface area contributed by atoms with Crippen molar-refractivity contribution in [2.24, 2.45) is 0 Å². The Hall–Kier alpha value is -1.81. The number of nitrogens with zero attached hydrogens (tertiary/aromatic N) is 2. The molecule has 0 fully saturated rings. The van der Waals surface area contributed by atoms with Gasteiger partial charge < -0.3 is 9.47 Å². The molecule has 0 radical (unpaired) electrons. The highest BCUT2D eigenvalue weighted by Crippen LogP contribution is 2.28. The monoisotopic (exact) mass is 376 g/mol.